The van der Waals surface area contributed by atoms with Gasteiger partial charge in [-0.3, -0.25) is 4.79 Å². The van der Waals surface area contributed by atoms with Crippen LogP contribution in [0.5, 0.6) is 0 Å². The summed E-state index contributed by atoms with van der Waals surface area (Å²) in [6.45, 7) is 5.62. The van der Waals surface area contributed by atoms with Gasteiger partial charge in [-0.25, -0.2) is 9.97 Å². The molecule has 2 heterocycles. The Hall–Kier alpha value is -1.27. The number of nitrogens with one attached hydrogen (secondary N) is 1. The van der Waals surface area contributed by atoms with Crippen molar-refractivity contribution >= 4 is 39.2 Å². The highest BCUT2D eigenvalue weighted by Crippen LogP contribution is 2.24. The lowest BCUT2D eigenvalue weighted by Gasteiger charge is -2.07. The van der Waals surface area contributed by atoms with Crippen LogP contribution in [0.4, 0.5) is 0 Å². The number of aryl methyl sites for hydroxylation is 1. The summed E-state index contributed by atoms with van der Waals surface area (Å²) in [6.07, 6.45) is 0. The summed E-state index contributed by atoms with van der Waals surface area (Å²) in [5, 5.41) is 3.65. The number of amides is 1. The standard InChI is InChI=1S/C10H11ClN4OS/c1-4(2)12-9(16)6-7-8(13-5(3)17-7)15-10(11)14-6/h4H,1-3H3,(H,12,16). The maximum Gasteiger partial charge on any atom is 0.271 e. The SMILES string of the molecule is Cc1nc2nc(Cl)nc(C(=O)NC(C)C)c2s1. The molecule has 0 spiro atoms. The minimum atomic E-state index is -0.252. The van der Waals surface area contributed by atoms with Crippen LogP contribution in [-0.4, -0.2) is 26.9 Å². The zero-order valence-electron chi connectivity index (χ0n) is 9.61. The minimum absolute atomic E-state index is 0.0386. The third-order valence-corrected chi connectivity index (χ3v) is 3.10. The van der Waals surface area contributed by atoms with Gasteiger partial charge in [-0.1, -0.05) is 0 Å². The molecule has 0 radical (unpaired) electrons. The predicted octanol–water partition coefficient (Wildman–Crippen LogP) is 2.19. The lowest BCUT2D eigenvalue weighted by atomic mass is 10.3. The molecule has 1 amide bonds. The molecule has 0 aliphatic rings. The van der Waals surface area contributed by atoms with Crippen molar-refractivity contribution in [2.24, 2.45) is 0 Å². The molecule has 2 aromatic heterocycles. The van der Waals surface area contributed by atoms with E-state index < -0.39 is 0 Å². The molecule has 1 N–H and O–H groups in total. The van der Waals surface area contributed by atoms with Crippen molar-refractivity contribution in [3.05, 3.63) is 16.0 Å². The van der Waals surface area contributed by atoms with Crippen LogP contribution < -0.4 is 5.32 Å². The van der Waals surface area contributed by atoms with Crippen molar-refractivity contribution in [1.82, 2.24) is 20.3 Å². The van der Waals surface area contributed by atoms with Crippen LogP contribution in [0.25, 0.3) is 10.3 Å². The van der Waals surface area contributed by atoms with Gasteiger partial charge in [0.15, 0.2) is 11.3 Å². The second kappa shape index (κ2) is 4.54. The third kappa shape index (κ3) is 2.53. The normalized spacial score (nSPS) is 11.1. The van der Waals surface area contributed by atoms with Crippen molar-refractivity contribution in [1.29, 1.82) is 0 Å². The van der Waals surface area contributed by atoms with E-state index in [4.69, 9.17) is 11.6 Å². The predicted molar refractivity (Wildman–Crippen MR) is 67.6 cm³/mol. The van der Waals surface area contributed by atoms with Gasteiger partial charge in [-0.05, 0) is 32.4 Å². The first-order valence-electron chi connectivity index (χ1n) is 5.09. The molecule has 2 aromatic rings. The van der Waals surface area contributed by atoms with Crippen molar-refractivity contribution in [3.8, 4) is 0 Å². The van der Waals surface area contributed by atoms with Crippen molar-refractivity contribution in [3.63, 3.8) is 0 Å². The first-order valence-corrected chi connectivity index (χ1v) is 6.28. The number of carbonyl (C=O) groups excluding carboxylic acids is 1. The average Bonchev–Trinajstić information content (AvgIpc) is 2.55. The lowest BCUT2D eigenvalue weighted by molar-refractivity contribution is 0.0940. The Morgan fingerprint density at radius 3 is 2.71 bits per heavy atom. The van der Waals surface area contributed by atoms with Gasteiger partial charge in [0, 0.05) is 6.04 Å². The van der Waals surface area contributed by atoms with Crippen LogP contribution in [0, 0.1) is 6.92 Å². The number of halogens is 1. The molecule has 0 unspecified atom stereocenters. The summed E-state index contributed by atoms with van der Waals surface area (Å²) in [7, 11) is 0. The minimum Gasteiger partial charge on any atom is -0.348 e. The van der Waals surface area contributed by atoms with E-state index in [9.17, 15) is 4.79 Å². The second-order valence-electron chi connectivity index (χ2n) is 3.86. The number of fused-ring (bicyclic) bond motifs is 1. The molecule has 0 saturated carbocycles. The third-order valence-electron chi connectivity index (χ3n) is 1.97. The van der Waals surface area contributed by atoms with Crippen LogP contribution >= 0.6 is 22.9 Å². The molecular weight excluding hydrogens is 260 g/mol. The Labute approximate surface area is 107 Å². The lowest BCUT2D eigenvalue weighted by Crippen LogP contribution is -2.30. The number of nitrogens with zero attached hydrogens (tertiary/aromatic N) is 3. The van der Waals surface area contributed by atoms with Gasteiger partial charge >= 0.3 is 0 Å². The van der Waals surface area contributed by atoms with E-state index in [0.717, 1.165) is 5.01 Å². The largest absolute Gasteiger partial charge is 0.348 e. The van der Waals surface area contributed by atoms with Crippen molar-refractivity contribution in [2.75, 3.05) is 0 Å². The first kappa shape index (κ1) is 12.2. The zero-order chi connectivity index (χ0) is 12.6. The Balaban J connectivity index is 2.55. The average molecular weight is 271 g/mol. The number of hydrogen-bond acceptors (Lipinski definition) is 5. The van der Waals surface area contributed by atoms with E-state index in [0.29, 0.717) is 16.0 Å². The van der Waals surface area contributed by atoms with E-state index in [2.05, 4.69) is 20.3 Å². The number of thiazole rings is 1. The van der Waals surface area contributed by atoms with Crippen LogP contribution in [0.1, 0.15) is 29.3 Å². The molecule has 0 aromatic carbocycles. The summed E-state index contributed by atoms with van der Waals surface area (Å²) in [5.41, 5.74) is 0.765. The fourth-order valence-electron chi connectivity index (χ4n) is 1.39. The molecule has 7 heteroatoms. The summed E-state index contributed by atoms with van der Waals surface area (Å²) in [4.78, 5) is 24.1. The topological polar surface area (TPSA) is 67.8 Å². The fourth-order valence-corrected chi connectivity index (χ4v) is 2.40. The maximum atomic E-state index is 11.9. The van der Waals surface area contributed by atoms with E-state index in [1.54, 1.807) is 0 Å². The summed E-state index contributed by atoms with van der Waals surface area (Å²) in [5.74, 6) is -0.252. The number of carbonyl (C=O) groups is 1. The fraction of sp³-hybridized carbons (Fsp3) is 0.400. The molecule has 5 nitrogen and oxygen atoms in total. The molecule has 0 bridgehead atoms. The molecule has 0 atom stereocenters. The van der Waals surface area contributed by atoms with Crippen LogP contribution in [0.15, 0.2) is 0 Å². The highest BCUT2D eigenvalue weighted by molar-refractivity contribution is 7.18. The maximum absolute atomic E-state index is 11.9. The highest BCUT2D eigenvalue weighted by Gasteiger charge is 2.17. The molecule has 2 rings (SSSR count). The molecule has 17 heavy (non-hydrogen) atoms. The molecule has 0 aliphatic carbocycles. The van der Waals surface area contributed by atoms with Crippen molar-refractivity contribution < 1.29 is 4.79 Å². The first-order chi connectivity index (χ1) is 7.97. The quantitative estimate of drug-likeness (QED) is 0.850. The summed E-state index contributed by atoms with van der Waals surface area (Å²) >= 11 is 7.16. The molecular formula is C10H11ClN4OS. The van der Waals surface area contributed by atoms with Gasteiger partial charge in [0.25, 0.3) is 5.91 Å². The molecule has 90 valence electrons. The van der Waals surface area contributed by atoms with Crippen LogP contribution in [0.3, 0.4) is 0 Å². The highest BCUT2D eigenvalue weighted by atomic mass is 35.5. The van der Waals surface area contributed by atoms with E-state index in [1.807, 2.05) is 20.8 Å². The van der Waals surface area contributed by atoms with E-state index in [-0.39, 0.29) is 17.2 Å². The second-order valence-corrected chi connectivity index (χ2v) is 5.40. The number of hydrogen-bond donors (Lipinski definition) is 1. The number of rotatable bonds is 2. The van der Waals surface area contributed by atoms with Crippen LogP contribution in [-0.2, 0) is 0 Å². The van der Waals surface area contributed by atoms with Crippen molar-refractivity contribution in [2.45, 2.75) is 26.8 Å². The Kier molecular flexibility index (Phi) is 3.26. The van der Waals surface area contributed by atoms with Gasteiger partial charge in [0.1, 0.15) is 4.70 Å². The summed E-state index contributed by atoms with van der Waals surface area (Å²) in [6, 6.07) is 0.0420. The molecule has 0 saturated heterocycles. The Morgan fingerprint density at radius 1 is 1.35 bits per heavy atom. The smallest absolute Gasteiger partial charge is 0.271 e. The molecule has 0 aliphatic heterocycles. The zero-order valence-corrected chi connectivity index (χ0v) is 11.2. The number of aromatic nitrogens is 3. The van der Waals surface area contributed by atoms with Gasteiger partial charge in [-0.15, -0.1) is 11.3 Å². The monoisotopic (exact) mass is 270 g/mol. The summed E-state index contributed by atoms with van der Waals surface area (Å²) < 4.78 is 0.671. The Morgan fingerprint density at radius 2 is 2.06 bits per heavy atom. The van der Waals surface area contributed by atoms with Gasteiger partial charge in [0.2, 0.25) is 5.28 Å². The van der Waals surface area contributed by atoms with Gasteiger partial charge in [-0.2, -0.15) is 4.98 Å². The Bertz CT molecular complexity index is 581. The van der Waals surface area contributed by atoms with Crippen LogP contribution in [0.2, 0.25) is 5.28 Å². The molecule has 0 fully saturated rings. The van der Waals surface area contributed by atoms with Gasteiger partial charge < -0.3 is 5.32 Å². The van der Waals surface area contributed by atoms with Gasteiger partial charge in [0.05, 0.1) is 5.01 Å². The van der Waals surface area contributed by atoms with E-state index >= 15 is 0 Å². The van der Waals surface area contributed by atoms with E-state index in [1.165, 1.54) is 11.3 Å².